The number of aromatic carboxylic acids is 1. The number of nitrogen functional groups attached to an aromatic ring is 1. The predicted molar refractivity (Wildman–Crippen MR) is 82.6 cm³/mol. The Hall–Kier alpha value is -1.42. The van der Waals surface area contributed by atoms with Crippen molar-refractivity contribution in [2.24, 2.45) is 11.3 Å². The molecule has 0 saturated carbocycles. The van der Waals surface area contributed by atoms with Crippen LogP contribution < -0.4 is 10.6 Å². The lowest BCUT2D eigenvalue weighted by Gasteiger charge is -2.28. The van der Waals surface area contributed by atoms with Crippen molar-refractivity contribution in [2.75, 3.05) is 23.7 Å². The van der Waals surface area contributed by atoms with Crippen LogP contribution in [-0.2, 0) is 0 Å². The number of nitrogens with zero attached hydrogens (tertiary/aromatic N) is 1. The highest BCUT2D eigenvalue weighted by Gasteiger charge is 2.34. The van der Waals surface area contributed by atoms with Crippen LogP contribution in [0.4, 0.5) is 11.4 Å². The molecule has 1 aromatic carbocycles. The molecule has 2 rings (SSSR count). The van der Waals surface area contributed by atoms with Crippen LogP contribution in [0.25, 0.3) is 0 Å². The van der Waals surface area contributed by atoms with Gasteiger partial charge in [0.1, 0.15) is 0 Å². The third kappa shape index (κ3) is 2.85. The van der Waals surface area contributed by atoms with Crippen LogP contribution >= 0.6 is 11.6 Å². The summed E-state index contributed by atoms with van der Waals surface area (Å²) in [5.41, 5.74) is 7.06. The lowest BCUT2D eigenvalue weighted by Crippen LogP contribution is -2.27. The molecule has 1 aromatic rings. The van der Waals surface area contributed by atoms with Crippen LogP contribution in [0.2, 0.25) is 5.02 Å². The van der Waals surface area contributed by atoms with Crippen LogP contribution in [0.15, 0.2) is 12.1 Å². The number of carboxylic acid groups (broad SMARTS) is 1. The van der Waals surface area contributed by atoms with E-state index in [1.165, 1.54) is 6.07 Å². The van der Waals surface area contributed by atoms with Crippen molar-refractivity contribution < 1.29 is 9.90 Å². The van der Waals surface area contributed by atoms with Gasteiger partial charge in [0.25, 0.3) is 0 Å². The SMILES string of the molecule is CC(C)(C)C1CCN(c2c(Cl)cc(N)cc2C(=O)O)C1. The molecule has 1 heterocycles. The van der Waals surface area contributed by atoms with Gasteiger partial charge in [0.15, 0.2) is 0 Å². The minimum absolute atomic E-state index is 0.185. The fourth-order valence-electron chi connectivity index (χ4n) is 2.77. The third-order valence-corrected chi connectivity index (χ3v) is 4.33. The number of halogens is 1. The van der Waals surface area contributed by atoms with E-state index in [4.69, 9.17) is 17.3 Å². The van der Waals surface area contributed by atoms with Crippen molar-refractivity contribution >= 4 is 28.9 Å². The minimum Gasteiger partial charge on any atom is -0.478 e. The van der Waals surface area contributed by atoms with E-state index in [0.717, 1.165) is 19.5 Å². The third-order valence-electron chi connectivity index (χ3n) is 4.05. The Labute approximate surface area is 124 Å². The van der Waals surface area contributed by atoms with Crippen LogP contribution in [-0.4, -0.2) is 24.2 Å². The molecule has 1 aliphatic heterocycles. The first-order chi connectivity index (χ1) is 9.20. The molecule has 0 aromatic heterocycles. The van der Waals surface area contributed by atoms with Crippen molar-refractivity contribution in [3.05, 3.63) is 22.7 Å². The first kappa shape index (κ1) is 15.0. The van der Waals surface area contributed by atoms with E-state index in [2.05, 4.69) is 25.7 Å². The molecule has 110 valence electrons. The minimum atomic E-state index is -0.992. The quantitative estimate of drug-likeness (QED) is 0.820. The topological polar surface area (TPSA) is 66.6 Å². The Kier molecular flexibility index (Phi) is 3.87. The summed E-state index contributed by atoms with van der Waals surface area (Å²) in [5, 5.41) is 9.77. The molecular formula is C15H21ClN2O2. The van der Waals surface area contributed by atoms with E-state index in [1.807, 2.05) is 0 Å². The predicted octanol–water partition coefficient (Wildman–Crippen LogP) is 3.49. The molecule has 20 heavy (non-hydrogen) atoms. The van der Waals surface area contributed by atoms with Crippen molar-refractivity contribution in [3.8, 4) is 0 Å². The van der Waals surface area contributed by atoms with Crippen molar-refractivity contribution in [1.82, 2.24) is 0 Å². The molecule has 4 nitrogen and oxygen atoms in total. The van der Waals surface area contributed by atoms with Gasteiger partial charge in [-0.25, -0.2) is 4.79 Å². The van der Waals surface area contributed by atoms with Gasteiger partial charge in [-0.05, 0) is 29.9 Å². The van der Waals surface area contributed by atoms with Gasteiger partial charge < -0.3 is 15.7 Å². The summed E-state index contributed by atoms with van der Waals surface area (Å²) >= 11 is 6.24. The second-order valence-electron chi connectivity index (χ2n) is 6.50. The fourth-order valence-corrected chi connectivity index (χ4v) is 3.12. The Bertz CT molecular complexity index is 537. The summed E-state index contributed by atoms with van der Waals surface area (Å²) in [6.07, 6.45) is 1.04. The average molecular weight is 297 g/mol. The molecule has 0 spiro atoms. The average Bonchev–Trinajstić information content (AvgIpc) is 2.76. The zero-order valence-corrected chi connectivity index (χ0v) is 12.9. The zero-order valence-electron chi connectivity index (χ0n) is 12.1. The molecule has 5 heteroatoms. The Balaban J connectivity index is 2.37. The van der Waals surface area contributed by atoms with Crippen LogP contribution in [0.3, 0.4) is 0 Å². The van der Waals surface area contributed by atoms with E-state index in [9.17, 15) is 9.90 Å². The summed E-state index contributed by atoms with van der Waals surface area (Å²) < 4.78 is 0. The van der Waals surface area contributed by atoms with Crippen molar-refractivity contribution in [2.45, 2.75) is 27.2 Å². The molecule has 1 saturated heterocycles. The lowest BCUT2D eigenvalue weighted by molar-refractivity contribution is 0.0697. The summed E-state index contributed by atoms with van der Waals surface area (Å²) in [5.74, 6) is -0.467. The van der Waals surface area contributed by atoms with E-state index >= 15 is 0 Å². The number of hydrogen-bond donors (Lipinski definition) is 2. The molecule has 0 radical (unpaired) electrons. The molecule has 1 unspecified atom stereocenters. The number of benzene rings is 1. The van der Waals surface area contributed by atoms with E-state index < -0.39 is 5.97 Å². The summed E-state index contributed by atoms with van der Waals surface area (Å²) in [4.78, 5) is 13.5. The first-order valence-electron chi connectivity index (χ1n) is 6.77. The monoisotopic (exact) mass is 296 g/mol. The largest absolute Gasteiger partial charge is 0.478 e. The number of hydrogen-bond acceptors (Lipinski definition) is 3. The van der Waals surface area contributed by atoms with Gasteiger partial charge in [-0.15, -0.1) is 0 Å². The maximum Gasteiger partial charge on any atom is 0.337 e. The van der Waals surface area contributed by atoms with Gasteiger partial charge in [0.05, 0.1) is 16.3 Å². The van der Waals surface area contributed by atoms with Gasteiger partial charge in [-0.1, -0.05) is 32.4 Å². The fraction of sp³-hybridized carbons (Fsp3) is 0.533. The number of carbonyl (C=O) groups is 1. The Morgan fingerprint density at radius 2 is 2.10 bits per heavy atom. The summed E-state index contributed by atoms with van der Waals surface area (Å²) in [6.45, 7) is 8.29. The van der Waals surface area contributed by atoms with E-state index in [-0.39, 0.29) is 11.0 Å². The second-order valence-corrected chi connectivity index (χ2v) is 6.91. The van der Waals surface area contributed by atoms with Crippen molar-refractivity contribution in [1.29, 1.82) is 0 Å². The first-order valence-corrected chi connectivity index (χ1v) is 7.15. The molecule has 0 aliphatic carbocycles. The number of carboxylic acids is 1. The highest BCUT2D eigenvalue weighted by atomic mass is 35.5. The molecule has 3 N–H and O–H groups in total. The number of anilines is 2. The van der Waals surface area contributed by atoms with Gasteiger partial charge >= 0.3 is 5.97 Å². The molecule has 1 aliphatic rings. The lowest BCUT2D eigenvalue weighted by atomic mass is 9.80. The second kappa shape index (κ2) is 5.17. The normalized spacial score (nSPS) is 19.4. The zero-order chi connectivity index (χ0) is 15.1. The maximum absolute atomic E-state index is 11.4. The van der Waals surface area contributed by atoms with E-state index in [1.54, 1.807) is 6.07 Å². The molecular weight excluding hydrogens is 276 g/mol. The van der Waals surface area contributed by atoms with Gasteiger partial charge in [0, 0.05) is 18.8 Å². The van der Waals surface area contributed by atoms with Crippen molar-refractivity contribution in [3.63, 3.8) is 0 Å². The highest BCUT2D eigenvalue weighted by molar-refractivity contribution is 6.34. The smallest absolute Gasteiger partial charge is 0.337 e. The number of rotatable bonds is 2. The Morgan fingerprint density at radius 1 is 1.45 bits per heavy atom. The summed E-state index contributed by atoms with van der Waals surface area (Å²) in [7, 11) is 0. The van der Waals surface area contributed by atoms with Gasteiger partial charge in [-0.3, -0.25) is 0 Å². The molecule has 0 amide bonds. The highest BCUT2D eigenvalue weighted by Crippen LogP contribution is 2.40. The van der Waals surface area contributed by atoms with Crippen LogP contribution in [0.1, 0.15) is 37.6 Å². The van der Waals surface area contributed by atoms with Crippen LogP contribution in [0.5, 0.6) is 0 Å². The molecule has 1 fully saturated rings. The van der Waals surface area contributed by atoms with Crippen LogP contribution in [0, 0.1) is 11.3 Å². The Morgan fingerprint density at radius 3 is 2.60 bits per heavy atom. The number of nitrogens with two attached hydrogens (primary N) is 1. The standard InChI is InChI=1S/C15H21ClN2O2/c1-15(2,3)9-4-5-18(8-9)13-11(14(19)20)6-10(17)7-12(13)16/h6-7,9H,4-5,8,17H2,1-3H3,(H,19,20). The van der Waals surface area contributed by atoms with E-state index in [0.29, 0.717) is 22.3 Å². The molecule has 1 atom stereocenters. The van der Waals surface area contributed by atoms with Gasteiger partial charge in [-0.2, -0.15) is 0 Å². The maximum atomic E-state index is 11.4. The molecule has 0 bridgehead atoms. The summed E-state index contributed by atoms with van der Waals surface area (Å²) in [6, 6.07) is 3.10. The van der Waals surface area contributed by atoms with Gasteiger partial charge in [0.2, 0.25) is 0 Å².